The monoisotopic (exact) mass is 464 g/mol. The topological polar surface area (TPSA) is 98.7 Å². The number of piperazine rings is 1. The van der Waals surface area contributed by atoms with Crippen molar-refractivity contribution in [3.05, 3.63) is 29.3 Å². The average Bonchev–Trinajstić information content (AvgIpc) is 3.29. The molecule has 0 aliphatic carbocycles. The van der Waals surface area contributed by atoms with Gasteiger partial charge in [0.2, 0.25) is 11.9 Å². The van der Waals surface area contributed by atoms with Gasteiger partial charge in [-0.3, -0.25) is 4.79 Å². The van der Waals surface area contributed by atoms with Crippen LogP contribution in [-0.4, -0.2) is 67.9 Å². The Hall–Kier alpha value is -2.24. The number of rotatable bonds is 6. The molecule has 2 fully saturated rings. The fourth-order valence-electron chi connectivity index (χ4n) is 3.85. The molecule has 2 aliphatic rings. The summed E-state index contributed by atoms with van der Waals surface area (Å²) in [4.78, 5) is 25.4. The lowest BCUT2D eigenvalue weighted by Crippen LogP contribution is -2.48. The summed E-state index contributed by atoms with van der Waals surface area (Å²) in [5, 5.41) is 2.70. The lowest BCUT2D eigenvalue weighted by Gasteiger charge is -2.35. The fourth-order valence-corrected chi connectivity index (χ4v) is 6.72. The predicted octanol–water partition coefficient (Wildman–Crippen LogP) is 1.68. The van der Waals surface area contributed by atoms with Gasteiger partial charge >= 0.3 is 0 Å². The number of hydrogen-bond donors (Lipinski definition) is 1. The summed E-state index contributed by atoms with van der Waals surface area (Å²) in [6.07, 6.45) is 5.38. The van der Waals surface area contributed by atoms with Gasteiger partial charge in [-0.15, -0.1) is 11.3 Å². The Balaban J connectivity index is 1.38. The quantitative estimate of drug-likeness (QED) is 0.694. The molecule has 0 saturated carbocycles. The molecule has 4 heterocycles. The predicted molar refractivity (Wildman–Crippen MR) is 121 cm³/mol. The van der Waals surface area contributed by atoms with Crippen LogP contribution in [0.1, 0.15) is 31.1 Å². The Labute approximate surface area is 187 Å². The molecule has 9 nitrogen and oxygen atoms in total. The van der Waals surface area contributed by atoms with E-state index < -0.39 is 10.0 Å². The number of carbonyl (C=O) groups excluding carboxylic acids is 1. The Morgan fingerprint density at radius 2 is 1.77 bits per heavy atom. The SMILES string of the molecule is CC(=O)NCc1ccc(S(=O)(=O)N2CCN(c3ccnc(N4CCCCC4)n3)CC2)s1. The Kier molecular flexibility index (Phi) is 6.73. The Bertz CT molecular complexity index is 1010. The summed E-state index contributed by atoms with van der Waals surface area (Å²) >= 11 is 1.21. The largest absolute Gasteiger partial charge is 0.354 e. The molecule has 4 rings (SSSR count). The van der Waals surface area contributed by atoms with Gasteiger partial charge in [0, 0.05) is 57.3 Å². The highest BCUT2D eigenvalue weighted by atomic mass is 32.2. The zero-order valence-corrected chi connectivity index (χ0v) is 19.3. The van der Waals surface area contributed by atoms with E-state index in [9.17, 15) is 13.2 Å². The molecule has 0 unspecified atom stereocenters. The first-order valence-corrected chi connectivity index (χ1v) is 12.9. The van der Waals surface area contributed by atoms with Gasteiger partial charge in [0.05, 0.1) is 6.54 Å². The minimum Gasteiger partial charge on any atom is -0.354 e. The van der Waals surface area contributed by atoms with Gasteiger partial charge in [-0.05, 0) is 37.5 Å². The number of nitrogens with zero attached hydrogens (tertiary/aromatic N) is 5. The van der Waals surface area contributed by atoms with Crippen LogP contribution in [0.5, 0.6) is 0 Å². The van der Waals surface area contributed by atoms with E-state index >= 15 is 0 Å². The van der Waals surface area contributed by atoms with Gasteiger partial charge in [0.1, 0.15) is 10.0 Å². The highest BCUT2D eigenvalue weighted by Crippen LogP contribution is 2.27. The second-order valence-electron chi connectivity index (χ2n) is 7.78. The highest BCUT2D eigenvalue weighted by molar-refractivity contribution is 7.91. The maximum absolute atomic E-state index is 13.0. The number of aromatic nitrogens is 2. The van der Waals surface area contributed by atoms with Gasteiger partial charge in [-0.25, -0.2) is 13.4 Å². The maximum atomic E-state index is 13.0. The van der Waals surface area contributed by atoms with Crippen molar-refractivity contribution in [3.63, 3.8) is 0 Å². The van der Waals surface area contributed by atoms with Crippen LogP contribution in [0, 0.1) is 0 Å². The van der Waals surface area contributed by atoms with Gasteiger partial charge in [-0.2, -0.15) is 9.29 Å². The molecule has 0 bridgehead atoms. The third-order valence-electron chi connectivity index (χ3n) is 5.57. The van der Waals surface area contributed by atoms with Gasteiger partial charge in [0.15, 0.2) is 0 Å². The molecular weight excluding hydrogens is 436 g/mol. The second kappa shape index (κ2) is 9.49. The summed E-state index contributed by atoms with van der Waals surface area (Å²) in [7, 11) is -3.54. The van der Waals surface area contributed by atoms with Crippen molar-refractivity contribution in [2.24, 2.45) is 0 Å². The third-order valence-corrected chi connectivity index (χ3v) is 9.02. The van der Waals surface area contributed by atoms with E-state index in [1.807, 2.05) is 6.07 Å². The molecule has 0 spiro atoms. The Morgan fingerprint density at radius 3 is 2.48 bits per heavy atom. The molecule has 1 N–H and O–H groups in total. The summed E-state index contributed by atoms with van der Waals surface area (Å²) in [5.74, 6) is 1.47. The van der Waals surface area contributed by atoms with Crippen LogP contribution in [-0.2, 0) is 21.4 Å². The smallest absolute Gasteiger partial charge is 0.252 e. The molecule has 0 radical (unpaired) electrons. The van der Waals surface area contributed by atoms with Crippen LogP contribution in [0.2, 0.25) is 0 Å². The molecular formula is C20H28N6O3S2. The van der Waals surface area contributed by atoms with Crippen LogP contribution in [0.3, 0.4) is 0 Å². The van der Waals surface area contributed by atoms with Crippen molar-refractivity contribution in [2.45, 2.75) is 36.9 Å². The number of thiophene rings is 1. The van der Waals surface area contributed by atoms with E-state index in [1.165, 1.54) is 41.8 Å². The van der Waals surface area contributed by atoms with Gasteiger partial charge in [0.25, 0.3) is 10.0 Å². The zero-order chi connectivity index (χ0) is 21.8. The van der Waals surface area contributed by atoms with Crippen LogP contribution < -0.4 is 15.1 Å². The molecule has 2 aromatic heterocycles. The molecule has 168 valence electrons. The molecule has 0 atom stereocenters. The number of nitrogens with one attached hydrogen (secondary N) is 1. The lowest BCUT2D eigenvalue weighted by atomic mass is 10.1. The van der Waals surface area contributed by atoms with Crippen LogP contribution in [0.15, 0.2) is 28.6 Å². The number of anilines is 2. The Morgan fingerprint density at radius 1 is 1.03 bits per heavy atom. The van der Waals surface area contributed by atoms with Crippen LogP contribution in [0.4, 0.5) is 11.8 Å². The summed E-state index contributed by atoms with van der Waals surface area (Å²) in [6, 6.07) is 5.27. The lowest BCUT2D eigenvalue weighted by molar-refractivity contribution is -0.119. The van der Waals surface area contributed by atoms with Crippen molar-refractivity contribution < 1.29 is 13.2 Å². The van der Waals surface area contributed by atoms with Gasteiger partial charge in [-0.1, -0.05) is 0 Å². The first kappa shape index (κ1) is 22.0. The maximum Gasteiger partial charge on any atom is 0.252 e. The third kappa shape index (κ3) is 5.16. The molecule has 11 heteroatoms. The molecule has 1 amide bonds. The summed E-state index contributed by atoms with van der Waals surface area (Å²) < 4.78 is 27.9. The van der Waals surface area contributed by atoms with Gasteiger partial charge < -0.3 is 15.1 Å². The van der Waals surface area contributed by atoms with E-state index in [4.69, 9.17) is 4.98 Å². The van der Waals surface area contributed by atoms with E-state index in [2.05, 4.69) is 20.1 Å². The van der Waals surface area contributed by atoms with Crippen molar-refractivity contribution >= 4 is 39.0 Å². The molecule has 2 aromatic rings. The first-order valence-electron chi connectivity index (χ1n) is 10.6. The fraction of sp³-hybridized carbons (Fsp3) is 0.550. The van der Waals surface area contributed by atoms with Crippen molar-refractivity contribution in [1.82, 2.24) is 19.6 Å². The first-order chi connectivity index (χ1) is 14.9. The molecule has 31 heavy (non-hydrogen) atoms. The molecule has 2 aliphatic heterocycles. The highest BCUT2D eigenvalue weighted by Gasteiger charge is 2.30. The number of piperidine rings is 1. The minimum atomic E-state index is -3.54. The van der Waals surface area contributed by atoms with Crippen molar-refractivity contribution in [2.75, 3.05) is 49.1 Å². The van der Waals surface area contributed by atoms with E-state index in [1.54, 1.807) is 18.3 Å². The summed E-state index contributed by atoms with van der Waals surface area (Å²) in [6.45, 7) is 5.74. The van der Waals surface area contributed by atoms with Crippen LogP contribution in [0.25, 0.3) is 0 Å². The summed E-state index contributed by atoms with van der Waals surface area (Å²) in [5.41, 5.74) is 0. The zero-order valence-electron chi connectivity index (χ0n) is 17.7. The minimum absolute atomic E-state index is 0.137. The number of carbonyl (C=O) groups is 1. The molecule has 2 saturated heterocycles. The number of amides is 1. The van der Waals surface area contributed by atoms with E-state index in [0.29, 0.717) is 36.9 Å². The van der Waals surface area contributed by atoms with E-state index in [-0.39, 0.29) is 5.91 Å². The molecule has 0 aromatic carbocycles. The van der Waals surface area contributed by atoms with Crippen molar-refractivity contribution in [3.8, 4) is 0 Å². The van der Waals surface area contributed by atoms with Crippen LogP contribution >= 0.6 is 11.3 Å². The second-order valence-corrected chi connectivity index (χ2v) is 11.1. The number of hydrogen-bond acceptors (Lipinski definition) is 8. The van der Waals surface area contributed by atoms with Crippen molar-refractivity contribution in [1.29, 1.82) is 0 Å². The average molecular weight is 465 g/mol. The standard InChI is InChI=1S/C20H28N6O3S2/c1-16(27)22-15-17-5-6-19(30-17)31(28,29)26-13-11-24(12-14-26)18-7-8-21-20(23-18)25-9-3-2-4-10-25/h5-8H,2-4,9-15H2,1H3,(H,22,27). The normalized spacial score (nSPS) is 18.2. The van der Waals surface area contributed by atoms with E-state index in [0.717, 1.165) is 29.7 Å². The number of sulfonamides is 1.